The zero-order valence-corrected chi connectivity index (χ0v) is 19.2. The van der Waals surface area contributed by atoms with Gasteiger partial charge in [0.05, 0.1) is 29.8 Å². The summed E-state index contributed by atoms with van der Waals surface area (Å²) >= 11 is -1.30. The molecule has 1 atom stereocenters. The number of benzene rings is 1. The minimum atomic E-state index is -1.30. The summed E-state index contributed by atoms with van der Waals surface area (Å²) in [5, 5.41) is 5.78. The van der Waals surface area contributed by atoms with Gasteiger partial charge >= 0.3 is 0 Å². The molecule has 1 aliphatic rings. The monoisotopic (exact) mass is 461 g/mol. The summed E-state index contributed by atoms with van der Waals surface area (Å²) < 4.78 is 19.4. The van der Waals surface area contributed by atoms with E-state index in [0.717, 1.165) is 22.2 Å². The Labute approximate surface area is 194 Å². The van der Waals surface area contributed by atoms with Crippen LogP contribution in [0.2, 0.25) is 0 Å². The number of hydrogen-bond donors (Lipinski definition) is 0. The van der Waals surface area contributed by atoms with Gasteiger partial charge in [0, 0.05) is 47.8 Å². The Morgan fingerprint density at radius 3 is 2.61 bits per heavy atom. The number of ether oxygens (including phenoxy) is 1. The van der Waals surface area contributed by atoms with Crippen LogP contribution in [0.25, 0.3) is 28.0 Å². The van der Waals surface area contributed by atoms with Crippen molar-refractivity contribution in [2.45, 2.75) is 11.9 Å². The SMILES string of the molecule is Cc1ccnc(-c2ccc(-n3nc([S+](C)[O-])c4ccc(C(=O)N5CCOCC5)cc43)nc2)c1. The van der Waals surface area contributed by atoms with Gasteiger partial charge in [0.2, 0.25) is 0 Å². The predicted molar refractivity (Wildman–Crippen MR) is 126 cm³/mol. The average molecular weight is 462 g/mol. The number of rotatable bonds is 4. The number of amides is 1. The molecule has 1 aromatic carbocycles. The number of pyridine rings is 2. The van der Waals surface area contributed by atoms with Crippen molar-refractivity contribution >= 4 is 28.0 Å². The Morgan fingerprint density at radius 1 is 1.09 bits per heavy atom. The highest BCUT2D eigenvalue weighted by Crippen LogP contribution is 2.27. The molecule has 1 unspecified atom stereocenters. The molecule has 0 bridgehead atoms. The van der Waals surface area contributed by atoms with E-state index in [1.807, 2.05) is 37.3 Å². The van der Waals surface area contributed by atoms with Gasteiger partial charge in [-0.15, -0.1) is 5.10 Å². The van der Waals surface area contributed by atoms with Crippen LogP contribution in [0.4, 0.5) is 0 Å². The zero-order chi connectivity index (χ0) is 22.9. The van der Waals surface area contributed by atoms with Crippen LogP contribution in [0.5, 0.6) is 0 Å². The van der Waals surface area contributed by atoms with Gasteiger partial charge in [0.25, 0.3) is 10.9 Å². The first-order chi connectivity index (χ1) is 16.0. The molecule has 0 aliphatic carbocycles. The summed E-state index contributed by atoms with van der Waals surface area (Å²) in [4.78, 5) is 23.8. The molecule has 1 aliphatic heterocycles. The smallest absolute Gasteiger partial charge is 0.271 e. The van der Waals surface area contributed by atoms with Crippen LogP contribution in [-0.2, 0) is 15.9 Å². The largest absolute Gasteiger partial charge is 0.610 e. The fourth-order valence-electron chi connectivity index (χ4n) is 3.91. The molecule has 0 spiro atoms. The van der Waals surface area contributed by atoms with Crippen molar-refractivity contribution in [2.75, 3.05) is 32.6 Å². The van der Waals surface area contributed by atoms with Crippen LogP contribution in [0.15, 0.2) is 59.9 Å². The number of nitrogens with zero attached hydrogens (tertiary/aromatic N) is 5. The van der Waals surface area contributed by atoms with Crippen LogP contribution < -0.4 is 0 Å². The summed E-state index contributed by atoms with van der Waals surface area (Å²) in [5.74, 6) is 0.519. The summed E-state index contributed by atoms with van der Waals surface area (Å²) in [7, 11) is 0. The number of aryl methyl sites for hydroxylation is 1. The van der Waals surface area contributed by atoms with Gasteiger partial charge in [-0.05, 0) is 55.0 Å². The molecular weight excluding hydrogens is 438 g/mol. The van der Waals surface area contributed by atoms with E-state index in [0.29, 0.717) is 48.2 Å². The normalized spacial score (nSPS) is 15.1. The Balaban J connectivity index is 1.56. The lowest BCUT2D eigenvalue weighted by molar-refractivity contribution is 0.0303. The molecule has 0 N–H and O–H groups in total. The highest BCUT2D eigenvalue weighted by molar-refractivity contribution is 7.90. The molecule has 8 nitrogen and oxygen atoms in total. The first-order valence-corrected chi connectivity index (χ1v) is 12.2. The van der Waals surface area contributed by atoms with E-state index >= 15 is 0 Å². The Morgan fingerprint density at radius 2 is 1.91 bits per heavy atom. The van der Waals surface area contributed by atoms with Gasteiger partial charge in [0.1, 0.15) is 6.26 Å². The van der Waals surface area contributed by atoms with E-state index in [4.69, 9.17) is 4.74 Å². The standard InChI is InChI=1S/C24H23N5O3S/c1-16-7-8-25-20(13-16)18-4-6-22(26-15-18)29-21-14-17(24(30)28-9-11-32-12-10-28)3-5-19(21)23(27-29)33(2)31/h3-8,13-15H,9-12H2,1-2H3. The highest BCUT2D eigenvalue weighted by atomic mass is 32.2. The fourth-order valence-corrected chi connectivity index (χ4v) is 4.59. The second-order valence-corrected chi connectivity index (χ2v) is 9.23. The van der Waals surface area contributed by atoms with Gasteiger partial charge in [-0.3, -0.25) is 9.78 Å². The predicted octanol–water partition coefficient (Wildman–Crippen LogP) is 3.00. The number of aromatic nitrogens is 4. The van der Waals surface area contributed by atoms with E-state index in [1.54, 1.807) is 40.4 Å². The van der Waals surface area contributed by atoms with Crippen molar-refractivity contribution in [3.63, 3.8) is 0 Å². The second kappa shape index (κ2) is 8.93. The van der Waals surface area contributed by atoms with Gasteiger partial charge in [-0.1, -0.05) is 0 Å². The van der Waals surface area contributed by atoms with E-state index < -0.39 is 11.2 Å². The summed E-state index contributed by atoms with van der Waals surface area (Å²) in [5.41, 5.74) is 4.09. The summed E-state index contributed by atoms with van der Waals surface area (Å²) in [6, 6.07) is 13.1. The van der Waals surface area contributed by atoms with Crippen LogP contribution in [0.1, 0.15) is 15.9 Å². The van der Waals surface area contributed by atoms with Gasteiger partial charge in [-0.25, -0.2) is 9.67 Å². The van der Waals surface area contributed by atoms with Crippen molar-refractivity contribution in [1.29, 1.82) is 0 Å². The maximum Gasteiger partial charge on any atom is 0.271 e. The molecule has 168 valence electrons. The van der Waals surface area contributed by atoms with Gasteiger partial charge in [-0.2, -0.15) is 0 Å². The van der Waals surface area contributed by atoms with Crippen LogP contribution in [-0.4, -0.2) is 67.7 Å². The van der Waals surface area contributed by atoms with Crippen molar-refractivity contribution < 1.29 is 14.1 Å². The molecular formula is C24H23N5O3S. The van der Waals surface area contributed by atoms with Crippen LogP contribution in [0, 0.1) is 6.92 Å². The molecule has 1 fully saturated rings. The number of hydrogen-bond acceptors (Lipinski definition) is 6. The third-order valence-electron chi connectivity index (χ3n) is 5.64. The van der Waals surface area contributed by atoms with E-state index in [2.05, 4.69) is 15.1 Å². The number of fused-ring (bicyclic) bond motifs is 1. The molecule has 0 radical (unpaired) electrons. The molecule has 4 heterocycles. The molecule has 1 amide bonds. The second-order valence-electron chi connectivity index (χ2n) is 7.93. The molecule has 33 heavy (non-hydrogen) atoms. The molecule has 1 saturated heterocycles. The molecule has 4 aromatic rings. The maximum absolute atomic E-state index is 13.0. The minimum absolute atomic E-state index is 0.0547. The summed E-state index contributed by atoms with van der Waals surface area (Å²) in [6.45, 7) is 4.23. The van der Waals surface area contributed by atoms with Gasteiger partial charge in [0.15, 0.2) is 5.82 Å². The third-order valence-corrected chi connectivity index (χ3v) is 6.49. The van der Waals surface area contributed by atoms with Crippen LogP contribution in [0.3, 0.4) is 0 Å². The quantitative estimate of drug-likeness (QED) is 0.434. The lowest BCUT2D eigenvalue weighted by Crippen LogP contribution is -2.40. The molecule has 5 rings (SSSR count). The first-order valence-electron chi connectivity index (χ1n) is 10.6. The van der Waals surface area contributed by atoms with E-state index in [9.17, 15) is 9.35 Å². The Bertz CT molecular complexity index is 1310. The van der Waals surface area contributed by atoms with Gasteiger partial charge < -0.3 is 14.2 Å². The van der Waals surface area contributed by atoms with Crippen LogP contribution >= 0.6 is 0 Å². The maximum atomic E-state index is 13.0. The minimum Gasteiger partial charge on any atom is -0.610 e. The number of morpholine rings is 1. The Kier molecular flexibility index (Phi) is 5.84. The topological polar surface area (TPSA) is 96.2 Å². The highest BCUT2D eigenvalue weighted by Gasteiger charge is 2.23. The van der Waals surface area contributed by atoms with E-state index in [1.165, 1.54) is 0 Å². The molecule has 0 saturated carbocycles. The zero-order valence-electron chi connectivity index (χ0n) is 18.4. The van der Waals surface area contributed by atoms with Crippen molar-refractivity contribution in [1.82, 2.24) is 24.6 Å². The molecule has 3 aromatic heterocycles. The Hall–Kier alpha value is -3.27. The fraction of sp³-hybridized carbons (Fsp3) is 0.250. The lowest BCUT2D eigenvalue weighted by atomic mass is 10.1. The lowest BCUT2D eigenvalue weighted by Gasteiger charge is -2.26. The average Bonchev–Trinajstić information content (AvgIpc) is 3.23. The molecule has 9 heteroatoms. The first kappa shape index (κ1) is 21.6. The summed E-state index contributed by atoms with van der Waals surface area (Å²) in [6.07, 6.45) is 5.12. The van der Waals surface area contributed by atoms with Crippen molar-refractivity contribution in [2.24, 2.45) is 0 Å². The number of carbonyl (C=O) groups excluding carboxylic acids is 1. The van der Waals surface area contributed by atoms with Crippen molar-refractivity contribution in [3.05, 3.63) is 66.0 Å². The van der Waals surface area contributed by atoms with E-state index in [-0.39, 0.29) is 5.91 Å². The van der Waals surface area contributed by atoms with Crippen molar-refractivity contribution in [3.8, 4) is 17.1 Å². The third kappa shape index (κ3) is 4.22. The number of carbonyl (C=O) groups is 1.